The summed E-state index contributed by atoms with van der Waals surface area (Å²) in [4.78, 5) is 11.9. The van der Waals surface area contributed by atoms with Crippen LogP contribution >= 0.6 is 23.2 Å². The quantitative estimate of drug-likeness (QED) is 0.850. The second-order valence-electron chi connectivity index (χ2n) is 3.83. The number of carbonyl (C=O) groups is 1. The minimum Gasteiger partial charge on any atom is -0.305 e. The minimum absolute atomic E-state index is 0.00427. The highest BCUT2D eigenvalue weighted by atomic mass is 35.5. The molecule has 2 rings (SSSR count). The highest BCUT2D eigenvalue weighted by molar-refractivity contribution is 6.37. The molecule has 0 atom stereocenters. The van der Waals surface area contributed by atoms with Crippen LogP contribution in [0.1, 0.15) is 23.0 Å². The number of nitrogens with zero attached hydrogens (tertiary/aromatic N) is 1. The summed E-state index contributed by atoms with van der Waals surface area (Å²) in [6.07, 6.45) is 0.763. The Morgan fingerprint density at radius 1 is 1.37 bits per heavy atom. The molecular weight excluding hydrogens is 292 g/mol. The van der Waals surface area contributed by atoms with E-state index >= 15 is 0 Å². The zero-order valence-electron chi connectivity index (χ0n) is 9.93. The summed E-state index contributed by atoms with van der Waals surface area (Å²) >= 11 is 11.4. The van der Waals surface area contributed by atoms with Gasteiger partial charge in [0.2, 0.25) is 0 Å². The van der Waals surface area contributed by atoms with Gasteiger partial charge in [-0.1, -0.05) is 30.1 Å². The number of nitrogens with one attached hydrogen (secondary N) is 2. The molecule has 1 amide bonds. The van der Waals surface area contributed by atoms with E-state index in [2.05, 4.69) is 15.5 Å². The molecule has 7 heteroatoms. The summed E-state index contributed by atoms with van der Waals surface area (Å²) in [6, 6.07) is 3.88. The molecule has 0 saturated heterocycles. The highest BCUT2D eigenvalue weighted by Crippen LogP contribution is 2.25. The molecule has 1 aromatic carbocycles. The van der Waals surface area contributed by atoms with Gasteiger partial charge >= 0.3 is 0 Å². The van der Waals surface area contributed by atoms with Crippen LogP contribution in [-0.2, 0) is 6.42 Å². The summed E-state index contributed by atoms with van der Waals surface area (Å²) in [5, 5.41) is 9.13. The monoisotopic (exact) mass is 301 g/mol. The van der Waals surface area contributed by atoms with Crippen LogP contribution in [-0.4, -0.2) is 16.1 Å². The maximum Gasteiger partial charge on any atom is 0.258 e. The average Bonchev–Trinajstić information content (AvgIpc) is 2.81. The summed E-state index contributed by atoms with van der Waals surface area (Å²) in [5.41, 5.74) is 0.883. The van der Waals surface area contributed by atoms with Crippen molar-refractivity contribution in [1.82, 2.24) is 10.2 Å². The number of anilines is 1. The Morgan fingerprint density at radius 2 is 2.11 bits per heavy atom. The smallest absolute Gasteiger partial charge is 0.258 e. The SMILES string of the molecule is CCc1cc(NC(=O)c2cc(F)c(Cl)cc2Cl)n[nH]1. The molecule has 100 valence electrons. The molecule has 4 nitrogen and oxygen atoms in total. The van der Waals surface area contributed by atoms with E-state index in [9.17, 15) is 9.18 Å². The molecule has 0 fully saturated rings. The lowest BCUT2D eigenvalue weighted by molar-refractivity contribution is 0.102. The molecule has 0 unspecified atom stereocenters. The Morgan fingerprint density at radius 3 is 2.74 bits per heavy atom. The molecule has 0 aliphatic rings. The van der Waals surface area contributed by atoms with E-state index in [0.717, 1.165) is 18.2 Å². The molecule has 1 heterocycles. The number of benzene rings is 1. The molecule has 0 aliphatic heterocycles. The summed E-state index contributed by atoms with van der Waals surface area (Å²) in [7, 11) is 0. The Balaban J connectivity index is 2.22. The first-order chi connectivity index (χ1) is 9.01. The van der Waals surface area contributed by atoms with Crippen molar-refractivity contribution in [3.8, 4) is 0 Å². The molecule has 0 saturated carbocycles. The molecule has 19 heavy (non-hydrogen) atoms. The molecular formula is C12H10Cl2FN3O. The summed E-state index contributed by atoms with van der Waals surface area (Å²) in [5.74, 6) is -0.893. The first kappa shape index (κ1) is 13.8. The number of hydrogen-bond donors (Lipinski definition) is 2. The highest BCUT2D eigenvalue weighted by Gasteiger charge is 2.15. The van der Waals surface area contributed by atoms with Crippen LogP contribution in [0, 0.1) is 5.82 Å². The average molecular weight is 302 g/mol. The van der Waals surface area contributed by atoms with Gasteiger partial charge in [-0.3, -0.25) is 9.89 Å². The van der Waals surface area contributed by atoms with E-state index in [1.165, 1.54) is 6.07 Å². The topological polar surface area (TPSA) is 57.8 Å². The Kier molecular flexibility index (Phi) is 4.07. The molecule has 2 aromatic rings. The van der Waals surface area contributed by atoms with E-state index < -0.39 is 11.7 Å². The minimum atomic E-state index is -0.701. The molecule has 2 N–H and O–H groups in total. The maximum atomic E-state index is 13.3. The van der Waals surface area contributed by atoms with Crippen LogP contribution in [0.3, 0.4) is 0 Å². The lowest BCUT2D eigenvalue weighted by Crippen LogP contribution is -2.13. The van der Waals surface area contributed by atoms with Gasteiger partial charge in [0.1, 0.15) is 5.82 Å². The predicted octanol–water partition coefficient (Wildman–Crippen LogP) is 3.67. The number of aryl methyl sites for hydroxylation is 1. The zero-order chi connectivity index (χ0) is 14.0. The van der Waals surface area contributed by atoms with Crippen LogP contribution in [0.5, 0.6) is 0 Å². The lowest BCUT2D eigenvalue weighted by Gasteiger charge is -2.05. The fourth-order valence-electron chi connectivity index (χ4n) is 1.49. The Labute approximate surface area is 118 Å². The maximum absolute atomic E-state index is 13.3. The van der Waals surface area contributed by atoms with Crippen molar-refractivity contribution in [3.05, 3.63) is 45.3 Å². The van der Waals surface area contributed by atoms with Crippen molar-refractivity contribution in [3.63, 3.8) is 0 Å². The van der Waals surface area contributed by atoms with Gasteiger partial charge in [0.15, 0.2) is 5.82 Å². The number of aromatic amines is 1. The van der Waals surface area contributed by atoms with Gasteiger partial charge in [-0.05, 0) is 18.6 Å². The first-order valence-corrected chi connectivity index (χ1v) is 6.27. The van der Waals surface area contributed by atoms with Crippen LogP contribution < -0.4 is 5.32 Å². The van der Waals surface area contributed by atoms with Gasteiger partial charge in [0.05, 0.1) is 15.6 Å². The number of rotatable bonds is 3. The molecule has 0 aliphatic carbocycles. The normalized spacial score (nSPS) is 10.5. The van der Waals surface area contributed by atoms with Gasteiger partial charge in [-0.2, -0.15) is 5.10 Å². The van der Waals surface area contributed by atoms with Crippen molar-refractivity contribution in [2.75, 3.05) is 5.32 Å². The van der Waals surface area contributed by atoms with Gasteiger partial charge < -0.3 is 5.32 Å². The van der Waals surface area contributed by atoms with Gasteiger partial charge in [-0.15, -0.1) is 0 Å². The van der Waals surface area contributed by atoms with Crippen LogP contribution in [0.4, 0.5) is 10.2 Å². The summed E-state index contributed by atoms with van der Waals surface area (Å²) in [6.45, 7) is 1.95. The van der Waals surface area contributed by atoms with E-state index in [0.29, 0.717) is 5.82 Å². The van der Waals surface area contributed by atoms with Crippen molar-refractivity contribution in [1.29, 1.82) is 0 Å². The number of amides is 1. The lowest BCUT2D eigenvalue weighted by atomic mass is 10.2. The molecule has 0 bridgehead atoms. The third kappa shape index (κ3) is 3.05. The van der Waals surface area contributed by atoms with Crippen molar-refractivity contribution >= 4 is 34.9 Å². The number of hydrogen-bond acceptors (Lipinski definition) is 2. The standard InChI is InChI=1S/C12H10Cl2FN3O/c1-2-6-3-11(18-17-6)16-12(19)7-4-10(15)9(14)5-8(7)13/h3-5H,2H2,1H3,(H2,16,17,18,19). The van der Waals surface area contributed by atoms with Crippen molar-refractivity contribution in [2.24, 2.45) is 0 Å². The van der Waals surface area contributed by atoms with Crippen molar-refractivity contribution in [2.45, 2.75) is 13.3 Å². The first-order valence-electron chi connectivity index (χ1n) is 5.51. The van der Waals surface area contributed by atoms with Crippen LogP contribution in [0.25, 0.3) is 0 Å². The van der Waals surface area contributed by atoms with E-state index in [-0.39, 0.29) is 15.6 Å². The number of H-pyrrole nitrogens is 1. The third-order valence-electron chi connectivity index (χ3n) is 2.51. The largest absolute Gasteiger partial charge is 0.305 e. The second kappa shape index (κ2) is 5.59. The van der Waals surface area contributed by atoms with Gasteiger partial charge in [0, 0.05) is 11.8 Å². The fraction of sp³-hybridized carbons (Fsp3) is 0.167. The van der Waals surface area contributed by atoms with Crippen molar-refractivity contribution < 1.29 is 9.18 Å². The van der Waals surface area contributed by atoms with Gasteiger partial charge in [0.25, 0.3) is 5.91 Å². The van der Waals surface area contributed by atoms with E-state index in [4.69, 9.17) is 23.2 Å². The Hall–Kier alpha value is -1.59. The second-order valence-corrected chi connectivity index (χ2v) is 4.65. The Bertz CT molecular complexity index is 627. The third-order valence-corrected chi connectivity index (χ3v) is 3.11. The predicted molar refractivity (Wildman–Crippen MR) is 72.3 cm³/mol. The fourth-order valence-corrected chi connectivity index (χ4v) is 1.96. The van der Waals surface area contributed by atoms with Gasteiger partial charge in [-0.25, -0.2) is 4.39 Å². The summed E-state index contributed by atoms with van der Waals surface area (Å²) < 4.78 is 13.3. The molecule has 1 aromatic heterocycles. The number of halogens is 3. The molecule has 0 radical (unpaired) electrons. The van der Waals surface area contributed by atoms with Crippen LogP contribution in [0.2, 0.25) is 10.0 Å². The number of carbonyl (C=O) groups excluding carboxylic acids is 1. The van der Waals surface area contributed by atoms with E-state index in [1.54, 1.807) is 6.07 Å². The number of aromatic nitrogens is 2. The zero-order valence-corrected chi connectivity index (χ0v) is 11.4. The van der Waals surface area contributed by atoms with E-state index in [1.807, 2.05) is 6.92 Å². The van der Waals surface area contributed by atoms with Crippen LogP contribution in [0.15, 0.2) is 18.2 Å². The molecule has 0 spiro atoms.